The highest BCUT2D eigenvalue weighted by atomic mass is 31.2. The van der Waals surface area contributed by atoms with Crippen LogP contribution in [0, 0.1) is 6.92 Å². The molecular formula is C18H28N5O7P. The van der Waals surface area contributed by atoms with Crippen molar-refractivity contribution in [3.8, 4) is 0 Å². The van der Waals surface area contributed by atoms with E-state index in [0.717, 1.165) is 0 Å². The van der Waals surface area contributed by atoms with Gasteiger partial charge in [0, 0.05) is 6.20 Å². The number of anilines is 1. The van der Waals surface area contributed by atoms with E-state index in [1.807, 2.05) is 0 Å². The Morgan fingerprint density at radius 3 is 2.48 bits per heavy atom. The van der Waals surface area contributed by atoms with Crippen molar-refractivity contribution >= 4 is 30.4 Å². The fourth-order valence-electron chi connectivity index (χ4n) is 3.71. The number of rotatable bonds is 9. The van der Waals surface area contributed by atoms with Crippen LogP contribution in [0.1, 0.15) is 42.7 Å². The van der Waals surface area contributed by atoms with Crippen LogP contribution in [-0.2, 0) is 18.3 Å². The fourth-order valence-corrected chi connectivity index (χ4v) is 5.40. The van der Waals surface area contributed by atoms with Crippen molar-refractivity contribution < 1.29 is 33.4 Å². The van der Waals surface area contributed by atoms with Gasteiger partial charge in [-0.25, -0.2) is 9.97 Å². The van der Waals surface area contributed by atoms with Crippen molar-refractivity contribution in [3.63, 3.8) is 0 Å². The second-order valence-corrected chi connectivity index (χ2v) is 9.36. The van der Waals surface area contributed by atoms with Crippen LogP contribution in [0.3, 0.4) is 0 Å². The number of nitrogen functional groups attached to an aromatic ring is 1. The molecule has 0 bridgehead atoms. The molecule has 172 valence electrons. The zero-order chi connectivity index (χ0) is 22.9. The van der Waals surface area contributed by atoms with Crippen molar-refractivity contribution in [2.75, 3.05) is 25.1 Å². The number of carbonyl (C=O) groups is 1. The number of ether oxygens (including phenoxy) is 1. The lowest BCUT2D eigenvalue weighted by atomic mass is 10.1. The van der Waals surface area contributed by atoms with Crippen LogP contribution >= 0.6 is 7.60 Å². The van der Waals surface area contributed by atoms with Gasteiger partial charge < -0.3 is 40.0 Å². The van der Waals surface area contributed by atoms with Gasteiger partial charge in [0.05, 0.1) is 36.4 Å². The predicted octanol–water partition coefficient (Wildman–Crippen LogP) is 0.696. The van der Waals surface area contributed by atoms with Crippen molar-refractivity contribution in [1.29, 1.82) is 0 Å². The van der Waals surface area contributed by atoms with Gasteiger partial charge in [0.1, 0.15) is 29.5 Å². The molecule has 0 unspecified atom stereocenters. The average Bonchev–Trinajstić information content (AvgIpc) is 3.19. The number of primary amides is 1. The number of fused-ring (bicyclic) bond motifs is 1. The minimum atomic E-state index is -3.35. The second-order valence-electron chi connectivity index (χ2n) is 7.17. The van der Waals surface area contributed by atoms with Crippen LogP contribution in [0.4, 0.5) is 5.82 Å². The Morgan fingerprint density at radius 1 is 1.26 bits per heavy atom. The number of nitrogens with two attached hydrogens (primary N) is 2. The number of aliphatic hydroxyl groups excluding tert-OH is 2. The normalized spacial score (nSPS) is 24.2. The number of hydrogen-bond acceptors (Lipinski definition) is 10. The molecule has 31 heavy (non-hydrogen) atoms. The minimum Gasteiger partial charge on any atom is -0.388 e. The summed E-state index contributed by atoms with van der Waals surface area (Å²) in [6, 6.07) is 0. The average molecular weight is 457 g/mol. The molecule has 1 aliphatic heterocycles. The van der Waals surface area contributed by atoms with Crippen molar-refractivity contribution in [1.82, 2.24) is 14.5 Å². The highest BCUT2D eigenvalue weighted by Gasteiger charge is 2.45. The molecule has 2 aromatic rings. The molecule has 0 aromatic carbocycles. The van der Waals surface area contributed by atoms with Crippen LogP contribution in [0.25, 0.3) is 11.0 Å². The summed E-state index contributed by atoms with van der Waals surface area (Å²) in [5.41, 5.74) is 11.7. The summed E-state index contributed by atoms with van der Waals surface area (Å²) in [4.78, 5) is 20.3. The van der Waals surface area contributed by atoms with Crippen LogP contribution in [0.5, 0.6) is 0 Å². The van der Waals surface area contributed by atoms with E-state index in [1.54, 1.807) is 20.8 Å². The summed E-state index contributed by atoms with van der Waals surface area (Å²) in [5.74, 6) is -0.338. The van der Waals surface area contributed by atoms with E-state index in [4.69, 9.17) is 25.3 Å². The predicted molar refractivity (Wildman–Crippen MR) is 111 cm³/mol. The Hall–Kier alpha value is -2.08. The van der Waals surface area contributed by atoms with Gasteiger partial charge in [-0.15, -0.1) is 0 Å². The van der Waals surface area contributed by atoms with E-state index >= 15 is 0 Å². The number of nitrogens with zero attached hydrogens (tertiary/aromatic N) is 3. The molecule has 3 rings (SSSR count). The maximum absolute atomic E-state index is 12.7. The van der Waals surface area contributed by atoms with Gasteiger partial charge in [-0.05, 0) is 27.2 Å². The van der Waals surface area contributed by atoms with E-state index in [2.05, 4.69) is 9.97 Å². The molecule has 1 aliphatic rings. The first-order chi connectivity index (χ1) is 14.6. The number of aryl methyl sites for hydroxylation is 1. The van der Waals surface area contributed by atoms with Crippen LogP contribution in [0.2, 0.25) is 0 Å². The first-order valence-corrected chi connectivity index (χ1v) is 11.7. The molecule has 0 spiro atoms. The van der Waals surface area contributed by atoms with Gasteiger partial charge in [0.2, 0.25) is 0 Å². The molecule has 13 heteroatoms. The zero-order valence-electron chi connectivity index (χ0n) is 17.6. The summed E-state index contributed by atoms with van der Waals surface area (Å²) in [6.07, 6.45) is -3.08. The molecule has 1 fully saturated rings. The van der Waals surface area contributed by atoms with E-state index in [9.17, 15) is 19.6 Å². The minimum absolute atomic E-state index is 0.00301. The maximum Gasteiger partial charge on any atom is 0.330 e. The largest absolute Gasteiger partial charge is 0.388 e. The Morgan fingerprint density at radius 2 is 1.90 bits per heavy atom. The smallest absolute Gasteiger partial charge is 0.330 e. The molecule has 0 saturated carbocycles. The summed E-state index contributed by atoms with van der Waals surface area (Å²) in [5, 5.41) is 21.4. The number of carbonyl (C=O) groups excluding carboxylic acids is 1. The van der Waals surface area contributed by atoms with Gasteiger partial charge in [-0.1, -0.05) is 0 Å². The number of aromatic nitrogens is 3. The van der Waals surface area contributed by atoms with Gasteiger partial charge in [0.25, 0.3) is 5.91 Å². The standard InChI is InChI=1S/C18H28N5O7P/c1-4-28-31(27,29-5-2)7-6-11-13(24)14(25)18(30-11)23-8-10(16(20)26)12-15(19)21-9(3)22-17(12)23/h8,11,13-14,18,24-25H,4-7H2,1-3H3,(H2,20,26)(H2,19,21,22)/t11-,13-,14-,18-/m1/s1. The molecule has 4 atom stereocenters. The molecule has 0 radical (unpaired) electrons. The van der Waals surface area contributed by atoms with Crippen molar-refractivity contribution in [3.05, 3.63) is 17.6 Å². The molecule has 2 aromatic heterocycles. The number of hydrogen-bond donors (Lipinski definition) is 4. The lowest BCUT2D eigenvalue weighted by Crippen LogP contribution is -2.32. The lowest BCUT2D eigenvalue weighted by molar-refractivity contribution is -0.0354. The van der Waals surface area contributed by atoms with E-state index in [0.29, 0.717) is 5.82 Å². The summed E-state index contributed by atoms with van der Waals surface area (Å²) >= 11 is 0. The van der Waals surface area contributed by atoms with Crippen molar-refractivity contribution in [2.24, 2.45) is 5.73 Å². The Labute approximate surface area is 179 Å². The van der Waals surface area contributed by atoms with Crippen molar-refractivity contribution in [2.45, 2.75) is 51.7 Å². The van der Waals surface area contributed by atoms with E-state index in [1.165, 1.54) is 10.8 Å². The number of amides is 1. The van der Waals surface area contributed by atoms with Crippen LogP contribution in [-0.4, -0.2) is 68.3 Å². The topological polar surface area (TPSA) is 185 Å². The zero-order valence-corrected chi connectivity index (χ0v) is 18.5. The summed E-state index contributed by atoms with van der Waals surface area (Å²) in [6.45, 7) is 5.45. The van der Waals surface area contributed by atoms with Gasteiger partial charge in [-0.3, -0.25) is 9.36 Å². The van der Waals surface area contributed by atoms with E-state index < -0.39 is 38.0 Å². The summed E-state index contributed by atoms with van der Waals surface area (Å²) in [7, 11) is -3.35. The lowest BCUT2D eigenvalue weighted by Gasteiger charge is -2.20. The highest BCUT2D eigenvalue weighted by molar-refractivity contribution is 7.53. The third kappa shape index (κ3) is 4.59. The van der Waals surface area contributed by atoms with Crippen LogP contribution < -0.4 is 11.5 Å². The monoisotopic (exact) mass is 457 g/mol. The van der Waals surface area contributed by atoms with Gasteiger partial charge in [-0.2, -0.15) is 0 Å². The molecule has 6 N–H and O–H groups in total. The maximum atomic E-state index is 12.7. The Bertz CT molecular complexity index is 1000. The second kappa shape index (κ2) is 9.19. The summed E-state index contributed by atoms with van der Waals surface area (Å²) < 4.78 is 30.5. The molecule has 12 nitrogen and oxygen atoms in total. The number of aliphatic hydroxyl groups is 2. The van der Waals surface area contributed by atoms with Gasteiger partial charge in [0.15, 0.2) is 6.23 Å². The highest BCUT2D eigenvalue weighted by Crippen LogP contribution is 2.49. The van der Waals surface area contributed by atoms with Crippen LogP contribution in [0.15, 0.2) is 6.20 Å². The Balaban J connectivity index is 1.90. The SMILES string of the molecule is CCOP(=O)(CC[C@H]1O[C@@H](n2cc(C(N)=O)c3c(N)nc(C)nc32)[C@H](O)[C@@H]1O)OCC. The molecular weight excluding hydrogens is 429 g/mol. The molecule has 1 saturated heterocycles. The first-order valence-electron chi connectivity index (χ1n) is 9.96. The van der Waals surface area contributed by atoms with Gasteiger partial charge >= 0.3 is 7.60 Å². The Kier molecular flexibility index (Phi) is 6.99. The molecule has 1 amide bonds. The third-order valence-corrected chi connectivity index (χ3v) is 7.14. The van der Waals surface area contributed by atoms with E-state index in [-0.39, 0.29) is 48.2 Å². The first kappa shape index (κ1) is 23.6. The molecule has 3 heterocycles. The third-order valence-electron chi connectivity index (χ3n) is 5.03. The fraction of sp³-hybridized carbons (Fsp3) is 0.611. The molecule has 0 aliphatic carbocycles. The quantitative estimate of drug-likeness (QED) is 0.391.